The Morgan fingerprint density at radius 1 is 1.48 bits per heavy atom. The smallest absolute Gasteiger partial charge is 0.412 e. The second-order valence-electron chi connectivity index (χ2n) is 7.62. The van der Waals surface area contributed by atoms with Gasteiger partial charge in [-0.3, -0.25) is 4.90 Å². The zero-order chi connectivity index (χ0) is 18.8. The molecule has 1 amide bonds. The maximum absolute atomic E-state index is 12.7. The van der Waals surface area contributed by atoms with Crippen LogP contribution in [0.4, 0.5) is 10.6 Å². The van der Waals surface area contributed by atoms with Crippen molar-refractivity contribution in [3.05, 3.63) is 23.4 Å². The lowest BCUT2D eigenvalue weighted by molar-refractivity contribution is -0.0621. The minimum atomic E-state index is -0.714. The number of carbonyl (C=O) groups excluding carboxylic acids is 1. The van der Waals surface area contributed by atoms with E-state index >= 15 is 0 Å². The van der Waals surface area contributed by atoms with Crippen LogP contribution in [0.25, 0.3) is 0 Å². The molecule has 0 radical (unpaired) electrons. The molecule has 1 aromatic rings. The number of pyridine rings is 1. The fraction of sp³-hybridized carbons (Fsp3) is 0.667. The SMILES string of the molecule is CCN(CC1COC(C)(C)N1C(=O)OC(C)(C)C)c1cccc(Cl)n1. The molecule has 7 heteroatoms. The van der Waals surface area contributed by atoms with Crippen molar-refractivity contribution in [3.63, 3.8) is 0 Å². The molecule has 2 rings (SSSR count). The van der Waals surface area contributed by atoms with Crippen LogP contribution in [-0.4, -0.2) is 53.0 Å². The van der Waals surface area contributed by atoms with Crippen molar-refractivity contribution < 1.29 is 14.3 Å². The van der Waals surface area contributed by atoms with Crippen molar-refractivity contribution in [3.8, 4) is 0 Å². The zero-order valence-electron chi connectivity index (χ0n) is 15.9. The van der Waals surface area contributed by atoms with E-state index in [4.69, 9.17) is 21.1 Å². The first-order valence-corrected chi connectivity index (χ1v) is 8.95. The average molecular weight is 370 g/mol. The van der Waals surface area contributed by atoms with Crippen LogP contribution < -0.4 is 4.90 Å². The van der Waals surface area contributed by atoms with Crippen molar-refractivity contribution in [2.45, 2.75) is 58.9 Å². The Balaban J connectivity index is 2.19. The number of carbonyl (C=O) groups is 1. The number of amides is 1. The van der Waals surface area contributed by atoms with Crippen molar-refractivity contribution in [2.24, 2.45) is 0 Å². The van der Waals surface area contributed by atoms with Gasteiger partial charge < -0.3 is 14.4 Å². The summed E-state index contributed by atoms with van der Waals surface area (Å²) in [7, 11) is 0. The fourth-order valence-electron chi connectivity index (χ4n) is 2.91. The molecule has 0 bridgehead atoms. The summed E-state index contributed by atoms with van der Waals surface area (Å²) in [5.41, 5.74) is -1.27. The molecule has 1 aliphatic heterocycles. The molecule has 1 aromatic heterocycles. The summed E-state index contributed by atoms with van der Waals surface area (Å²) in [6, 6.07) is 5.39. The largest absolute Gasteiger partial charge is 0.444 e. The normalized spacial score (nSPS) is 19.8. The van der Waals surface area contributed by atoms with Gasteiger partial charge in [-0.25, -0.2) is 9.78 Å². The van der Waals surface area contributed by atoms with Gasteiger partial charge in [-0.2, -0.15) is 0 Å². The van der Waals surface area contributed by atoms with Crippen molar-refractivity contribution in [2.75, 3.05) is 24.6 Å². The van der Waals surface area contributed by atoms with E-state index in [1.165, 1.54) is 0 Å². The lowest BCUT2D eigenvalue weighted by Gasteiger charge is -2.36. The van der Waals surface area contributed by atoms with Gasteiger partial charge in [-0.15, -0.1) is 0 Å². The van der Waals surface area contributed by atoms with Crippen LogP contribution in [0.3, 0.4) is 0 Å². The molecular weight excluding hydrogens is 342 g/mol. The van der Waals surface area contributed by atoms with Crippen molar-refractivity contribution in [1.29, 1.82) is 0 Å². The molecule has 2 heterocycles. The summed E-state index contributed by atoms with van der Waals surface area (Å²) in [6.07, 6.45) is -0.366. The quantitative estimate of drug-likeness (QED) is 0.752. The monoisotopic (exact) mass is 369 g/mol. The maximum atomic E-state index is 12.7. The molecule has 0 aromatic carbocycles. The summed E-state index contributed by atoms with van der Waals surface area (Å²) in [4.78, 5) is 20.9. The van der Waals surface area contributed by atoms with Gasteiger partial charge in [0.25, 0.3) is 0 Å². The predicted molar refractivity (Wildman–Crippen MR) is 99.0 cm³/mol. The molecule has 1 unspecified atom stereocenters. The molecule has 1 atom stereocenters. The van der Waals surface area contributed by atoms with Crippen LogP contribution in [0, 0.1) is 0 Å². The Bertz CT molecular complexity index is 616. The summed E-state index contributed by atoms with van der Waals surface area (Å²) in [6.45, 7) is 13.2. The topological polar surface area (TPSA) is 54.9 Å². The van der Waals surface area contributed by atoms with E-state index < -0.39 is 11.3 Å². The molecule has 1 saturated heterocycles. The molecule has 0 N–H and O–H groups in total. The highest BCUT2D eigenvalue weighted by Gasteiger charge is 2.46. The van der Waals surface area contributed by atoms with Crippen LogP contribution >= 0.6 is 11.6 Å². The molecule has 0 aliphatic carbocycles. The number of ether oxygens (including phenoxy) is 2. The summed E-state index contributed by atoms with van der Waals surface area (Å²) >= 11 is 6.01. The molecule has 1 fully saturated rings. The standard InChI is InChI=1S/C18H28ClN3O3/c1-7-21(15-10-8-9-14(19)20-15)11-13-12-24-18(5,6)22(13)16(23)25-17(2,3)4/h8-10,13H,7,11-12H2,1-6H3. The maximum Gasteiger partial charge on any atom is 0.412 e. The minimum Gasteiger partial charge on any atom is -0.444 e. The van der Waals surface area contributed by atoms with Crippen LogP contribution in [0.1, 0.15) is 41.5 Å². The Labute approximate surface area is 155 Å². The van der Waals surface area contributed by atoms with E-state index in [1.807, 2.05) is 53.7 Å². The number of rotatable bonds is 4. The van der Waals surface area contributed by atoms with Gasteiger partial charge in [0.05, 0.1) is 12.6 Å². The number of nitrogens with zero attached hydrogens (tertiary/aromatic N) is 3. The van der Waals surface area contributed by atoms with E-state index in [0.29, 0.717) is 18.3 Å². The first kappa shape index (κ1) is 19.8. The Morgan fingerprint density at radius 3 is 2.72 bits per heavy atom. The number of hydrogen-bond donors (Lipinski definition) is 0. The highest BCUT2D eigenvalue weighted by Crippen LogP contribution is 2.30. The van der Waals surface area contributed by atoms with Gasteiger partial charge in [0.2, 0.25) is 0 Å². The van der Waals surface area contributed by atoms with Gasteiger partial charge in [0, 0.05) is 13.1 Å². The first-order valence-electron chi connectivity index (χ1n) is 8.57. The second-order valence-corrected chi connectivity index (χ2v) is 8.01. The van der Waals surface area contributed by atoms with E-state index in [0.717, 1.165) is 12.4 Å². The molecule has 6 nitrogen and oxygen atoms in total. The van der Waals surface area contributed by atoms with Crippen LogP contribution in [0.2, 0.25) is 5.15 Å². The summed E-state index contributed by atoms with van der Waals surface area (Å²) in [5, 5.41) is 0.447. The van der Waals surface area contributed by atoms with Crippen LogP contribution in [-0.2, 0) is 9.47 Å². The number of anilines is 1. The molecule has 140 valence electrons. The third kappa shape index (κ3) is 4.98. The number of aromatic nitrogens is 1. The number of halogens is 1. The minimum absolute atomic E-state index is 0.134. The molecule has 1 aliphatic rings. The summed E-state index contributed by atoms with van der Waals surface area (Å²) in [5.74, 6) is 0.781. The number of likely N-dealkylation sites (N-methyl/N-ethyl adjacent to an activating group) is 1. The molecule has 25 heavy (non-hydrogen) atoms. The van der Waals surface area contributed by atoms with Gasteiger partial charge >= 0.3 is 6.09 Å². The average Bonchev–Trinajstić information content (AvgIpc) is 2.77. The Hall–Kier alpha value is -1.53. The van der Waals surface area contributed by atoms with Crippen molar-refractivity contribution in [1.82, 2.24) is 9.88 Å². The van der Waals surface area contributed by atoms with Gasteiger partial charge in [-0.05, 0) is 53.7 Å². The molecular formula is C18H28ClN3O3. The third-order valence-corrected chi connectivity index (χ3v) is 4.21. The highest BCUT2D eigenvalue weighted by atomic mass is 35.5. The lowest BCUT2D eigenvalue weighted by atomic mass is 10.2. The van der Waals surface area contributed by atoms with E-state index in [9.17, 15) is 4.79 Å². The third-order valence-electron chi connectivity index (χ3n) is 4.00. The lowest BCUT2D eigenvalue weighted by Crippen LogP contribution is -2.53. The molecule has 0 spiro atoms. The Morgan fingerprint density at radius 2 is 2.16 bits per heavy atom. The second kappa shape index (κ2) is 7.38. The van der Waals surface area contributed by atoms with Gasteiger partial charge in [0.15, 0.2) is 0 Å². The van der Waals surface area contributed by atoms with Gasteiger partial charge in [0.1, 0.15) is 22.3 Å². The highest BCUT2D eigenvalue weighted by molar-refractivity contribution is 6.29. The summed E-state index contributed by atoms with van der Waals surface area (Å²) < 4.78 is 11.4. The zero-order valence-corrected chi connectivity index (χ0v) is 16.6. The fourth-order valence-corrected chi connectivity index (χ4v) is 3.07. The predicted octanol–water partition coefficient (Wildman–Crippen LogP) is 3.93. The van der Waals surface area contributed by atoms with Crippen LogP contribution in [0.5, 0.6) is 0 Å². The van der Waals surface area contributed by atoms with Crippen molar-refractivity contribution >= 4 is 23.5 Å². The van der Waals surface area contributed by atoms with Gasteiger partial charge in [-0.1, -0.05) is 17.7 Å². The van der Waals surface area contributed by atoms with E-state index in [2.05, 4.69) is 9.88 Å². The van der Waals surface area contributed by atoms with E-state index in [-0.39, 0.29) is 12.1 Å². The first-order chi connectivity index (χ1) is 11.5. The Kier molecular flexibility index (Phi) is 5.84. The number of hydrogen-bond acceptors (Lipinski definition) is 5. The molecule has 0 saturated carbocycles. The van der Waals surface area contributed by atoms with Crippen LogP contribution in [0.15, 0.2) is 18.2 Å². The van der Waals surface area contributed by atoms with E-state index in [1.54, 1.807) is 11.0 Å².